The number of rotatable bonds is 1. The van der Waals surface area contributed by atoms with Gasteiger partial charge in [-0.05, 0) is 44.0 Å². The van der Waals surface area contributed by atoms with Crippen molar-refractivity contribution in [2.75, 3.05) is 24.5 Å². The van der Waals surface area contributed by atoms with E-state index in [0.29, 0.717) is 0 Å². The maximum Gasteiger partial charge on any atom is 0.143 e. The predicted octanol–water partition coefficient (Wildman–Crippen LogP) is 3.98. The van der Waals surface area contributed by atoms with Crippen molar-refractivity contribution in [2.45, 2.75) is 44.1 Å². The average Bonchev–Trinajstić information content (AvgIpc) is 2.66. The van der Waals surface area contributed by atoms with Crippen LogP contribution in [-0.4, -0.2) is 25.2 Å². The maximum atomic E-state index is 13.7. The molecule has 0 atom stereocenters. The van der Waals surface area contributed by atoms with E-state index in [2.05, 4.69) is 10.2 Å². The first-order valence-corrected chi connectivity index (χ1v) is 8.01. The SMILES string of the molecule is Fc1cc(N2CCCNC3(CCCCC3)C2)ccc1Cl. The number of nitrogens with zero attached hydrogens (tertiary/aromatic N) is 1. The average molecular weight is 297 g/mol. The topological polar surface area (TPSA) is 15.3 Å². The first-order valence-electron chi connectivity index (χ1n) is 7.64. The molecular weight excluding hydrogens is 275 g/mol. The monoisotopic (exact) mass is 296 g/mol. The van der Waals surface area contributed by atoms with Gasteiger partial charge in [-0.15, -0.1) is 0 Å². The van der Waals surface area contributed by atoms with Gasteiger partial charge in [0.05, 0.1) is 5.02 Å². The van der Waals surface area contributed by atoms with E-state index < -0.39 is 0 Å². The van der Waals surface area contributed by atoms with E-state index in [-0.39, 0.29) is 16.4 Å². The molecule has 3 rings (SSSR count). The molecule has 1 aliphatic carbocycles. The van der Waals surface area contributed by atoms with Crippen LogP contribution in [0.15, 0.2) is 18.2 Å². The molecule has 2 nitrogen and oxygen atoms in total. The van der Waals surface area contributed by atoms with Gasteiger partial charge in [0.25, 0.3) is 0 Å². The Morgan fingerprint density at radius 1 is 1.15 bits per heavy atom. The van der Waals surface area contributed by atoms with Crippen LogP contribution < -0.4 is 10.2 Å². The lowest BCUT2D eigenvalue weighted by molar-refractivity contribution is 0.246. The fraction of sp³-hybridized carbons (Fsp3) is 0.625. The van der Waals surface area contributed by atoms with Crippen molar-refractivity contribution in [3.8, 4) is 0 Å². The molecule has 110 valence electrons. The zero-order valence-electron chi connectivity index (χ0n) is 11.8. The molecular formula is C16H22ClFN2. The van der Waals surface area contributed by atoms with Gasteiger partial charge in [0, 0.05) is 24.3 Å². The Balaban J connectivity index is 1.82. The predicted molar refractivity (Wildman–Crippen MR) is 82.1 cm³/mol. The van der Waals surface area contributed by atoms with E-state index in [9.17, 15) is 4.39 Å². The minimum absolute atomic E-state index is 0.203. The molecule has 0 bridgehead atoms. The Bertz CT molecular complexity index is 472. The molecule has 4 heteroatoms. The van der Waals surface area contributed by atoms with Crippen LogP contribution in [-0.2, 0) is 0 Å². The van der Waals surface area contributed by atoms with Gasteiger partial charge in [-0.25, -0.2) is 4.39 Å². The smallest absolute Gasteiger partial charge is 0.143 e. The lowest BCUT2D eigenvalue weighted by atomic mass is 9.81. The molecule has 1 aromatic rings. The zero-order chi connectivity index (χ0) is 14.0. The highest BCUT2D eigenvalue weighted by atomic mass is 35.5. The summed E-state index contributed by atoms with van der Waals surface area (Å²) in [5, 5.41) is 3.96. The van der Waals surface area contributed by atoms with Crippen LogP contribution in [0.3, 0.4) is 0 Å². The lowest BCUT2D eigenvalue weighted by Crippen LogP contribution is -2.52. The van der Waals surface area contributed by atoms with Crippen LogP contribution in [0.25, 0.3) is 0 Å². The largest absolute Gasteiger partial charge is 0.370 e. The van der Waals surface area contributed by atoms with Gasteiger partial charge in [0.1, 0.15) is 5.82 Å². The van der Waals surface area contributed by atoms with Gasteiger partial charge in [-0.2, -0.15) is 0 Å². The van der Waals surface area contributed by atoms with Crippen LogP contribution in [0.4, 0.5) is 10.1 Å². The molecule has 1 saturated carbocycles. The summed E-state index contributed by atoms with van der Waals surface area (Å²) in [6.07, 6.45) is 7.52. The minimum Gasteiger partial charge on any atom is -0.370 e. The Morgan fingerprint density at radius 3 is 2.70 bits per heavy atom. The van der Waals surface area contributed by atoms with Crippen molar-refractivity contribution in [1.29, 1.82) is 0 Å². The molecule has 1 aromatic carbocycles. The number of anilines is 1. The lowest BCUT2D eigenvalue weighted by Gasteiger charge is -2.40. The third kappa shape index (κ3) is 2.94. The molecule has 2 fully saturated rings. The van der Waals surface area contributed by atoms with E-state index in [4.69, 9.17) is 11.6 Å². The zero-order valence-corrected chi connectivity index (χ0v) is 12.6. The first-order chi connectivity index (χ1) is 9.69. The maximum absolute atomic E-state index is 13.7. The van der Waals surface area contributed by atoms with Gasteiger partial charge < -0.3 is 10.2 Å². The summed E-state index contributed by atoms with van der Waals surface area (Å²) in [4.78, 5) is 2.32. The van der Waals surface area contributed by atoms with Crippen molar-refractivity contribution in [2.24, 2.45) is 0 Å². The summed E-state index contributed by atoms with van der Waals surface area (Å²) in [6.45, 7) is 3.02. The minimum atomic E-state index is -0.320. The molecule has 1 spiro atoms. The summed E-state index contributed by atoms with van der Waals surface area (Å²) in [5.41, 5.74) is 1.19. The molecule has 0 radical (unpaired) electrons. The molecule has 1 heterocycles. The summed E-state index contributed by atoms with van der Waals surface area (Å²) in [6, 6.07) is 5.18. The fourth-order valence-corrected chi connectivity index (χ4v) is 3.71. The van der Waals surface area contributed by atoms with Crippen molar-refractivity contribution in [3.05, 3.63) is 29.0 Å². The third-order valence-corrected chi connectivity index (χ3v) is 4.98. The van der Waals surface area contributed by atoms with Gasteiger partial charge in [0.2, 0.25) is 0 Å². The van der Waals surface area contributed by atoms with E-state index in [1.165, 1.54) is 32.1 Å². The summed E-state index contributed by atoms with van der Waals surface area (Å²) in [7, 11) is 0. The highest BCUT2D eigenvalue weighted by Crippen LogP contribution is 2.32. The molecule has 0 amide bonds. The third-order valence-electron chi connectivity index (χ3n) is 4.68. The van der Waals surface area contributed by atoms with Crippen molar-refractivity contribution >= 4 is 17.3 Å². The highest BCUT2D eigenvalue weighted by molar-refractivity contribution is 6.30. The van der Waals surface area contributed by atoms with Crippen LogP contribution in [0, 0.1) is 5.82 Å². The molecule has 2 aliphatic rings. The second kappa shape index (κ2) is 5.90. The molecule has 1 saturated heterocycles. The normalized spacial score (nSPS) is 22.8. The van der Waals surface area contributed by atoms with E-state index in [1.54, 1.807) is 12.1 Å². The number of benzene rings is 1. The molecule has 0 aromatic heterocycles. The Kier molecular flexibility index (Phi) is 4.18. The quantitative estimate of drug-likeness (QED) is 0.843. The standard InChI is InChI=1S/C16H22ClFN2/c17-14-6-5-13(11-15(14)18)20-10-4-9-19-16(12-20)7-2-1-3-8-16/h5-6,11,19H,1-4,7-10,12H2. The molecule has 0 unspecified atom stereocenters. The van der Waals surface area contributed by atoms with Gasteiger partial charge in [-0.3, -0.25) is 0 Å². The number of nitrogens with one attached hydrogen (secondary N) is 1. The molecule has 1 aliphatic heterocycles. The molecule has 20 heavy (non-hydrogen) atoms. The summed E-state index contributed by atoms with van der Waals surface area (Å²) >= 11 is 5.79. The van der Waals surface area contributed by atoms with Crippen molar-refractivity contribution < 1.29 is 4.39 Å². The molecule has 1 N–H and O–H groups in total. The summed E-state index contributed by atoms with van der Waals surface area (Å²) in [5.74, 6) is -0.320. The van der Waals surface area contributed by atoms with Crippen molar-refractivity contribution in [3.63, 3.8) is 0 Å². The Hall–Kier alpha value is -0.800. The second-order valence-corrected chi connectivity index (χ2v) is 6.55. The van der Waals surface area contributed by atoms with Gasteiger partial charge >= 0.3 is 0 Å². The van der Waals surface area contributed by atoms with Gasteiger partial charge in [-0.1, -0.05) is 30.9 Å². The van der Waals surface area contributed by atoms with Crippen molar-refractivity contribution in [1.82, 2.24) is 5.32 Å². The number of hydrogen-bond donors (Lipinski definition) is 1. The second-order valence-electron chi connectivity index (χ2n) is 6.14. The van der Waals surface area contributed by atoms with Crippen LogP contribution in [0.5, 0.6) is 0 Å². The Morgan fingerprint density at radius 2 is 1.95 bits per heavy atom. The number of hydrogen-bond acceptors (Lipinski definition) is 2. The summed E-state index contributed by atoms with van der Waals surface area (Å²) < 4.78 is 13.7. The fourth-order valence-electron chi connectivity index (χ4n) is 3.59. The number of halogens is 2. The van der Waals surface area contributed by atoms with E-state index in [0.717, 1.165) is 31.7 Å². The van der Waals surface area contributed by atoms with E-state index in [1.807, 2.05) is 6.07 Å². The highest BCUT2D eigenvalue weighted by Gasteiger charge is 2.35. The Labute approximate surface area is 125 Å². The van der Waals surface area contributed by atoms with Gasteiger partial charge in [0.15, 0.2) is 0 Å². The van der Waals surface area contributed by atoms with E-state index >= 15 is 0 Å². The van der Waals surface area contributed by atoms with Crippen LogP contribution >= 0.6 is 11.6 Å². The van der Waals surface area contributed by atoms with Crippen LogP contribution in [0.2, 0.25) is 5.02 Å². The van der Waals surface area contributed by atoms with Crippen LogP contribution in [0.1, 0.15) is 38.5 Å². The first kappa shape index (κ1) is 14.2.